The highest BCUT2D eigenvalue weighted by atomic mass is 16.2. The molecule has 0 saturated heterocycles. The van der Waals surface area contributed by atoms with Crippen LogP contribution in [0.5, 0.6) is 0 Å². The molecule has 0 saturated carbocycles. The van der Waals surface area contributed by atoms with Crippen molar-refractivity contribution < 1.29 is 4.79 Å². The van der Waals surface area contributed by atoms with Crippen LogP contribution in [0, 0.1) is 0 Å². The molecule has 0 bridgehead atoms. The smallest absolute Gasteiger partial charge is 0.319 e. The van der Waals surface area contributed by atoms with Gasteiger partial charge in [-0.1, -0.05) is 31.2 Å². The molecule has 2 amide bonds. The lowest BCUT2D eigenvalue weighted by Gasteiger charge is -2.16. The van der Waals surface area contributed by atoms with Gasteiger partial charge >= 0.3 is 6.03 Å². The fraction of sp³-hybridized carbons (Fsp3) is 0.250. The van der Waals surface area contributed by atoms with Crippen molar-refractivity contribution in [1.82, 2.24) is 10.3 Å². The Balaban J connectivity index is 1.99. The number of aromatic nitrogens is 1. The Morgan fingerprint density at radius 2 is 2.05 bits per heavy atom. The van der Waals surface area contributed by atoms with E-state index in [1.54, 1.807) is 12.4 Å². The lowest BCUT2D eigenvalue weighted by atomic mass is 10.1. The zero-order chi connectivity index (χ0) is 14.4. The molecule has 1 aromatic heterocycles. The zero-order valence-corrected chi connectivity index (χ0v) is 11.8. The number of carbonyl (C=O) groups is 1. The molecule has 1 unspecified atom stereocenters. The minimum atomic E-state index is -0.206. The summed E-state index contributed by atoms with van der Waals surface area (Å²) >= 11 is 0. The van der Waals surface area contributed by atoms with Crippen LogP contribution in [0.15, 0.2) is 48.8 Å². The van der Waals surface area contributed by atoms with Crippen LogP contribution in [-0.4, -0.2) is 11.0 Å². The molecule has 0 radical (unpaired) electrons. The maximum atomic E-state index is 12.0. The van der Waals surface area contributed by atoms with Gasteiger partial charge in [0.2, 0.25) is 0 Å². The van der Waals surface area contributed by atoms with Gasteiger partial charge in [0.25, 0.3) is 0 Å². The molecule has 0 aliphatic rings. The summed E-state index contributed by atoms with van der Waals surface area (Å²) in [5, 5.41) is 5.80. The minimum absolute atomic E-state index is 0.0857. The van der Waals surface area contributed by atoms with Crippen LogP contribution in [0.2, 0.25) is 0 Å². The van der Waals surface area contributed by atoms with Crippen LogP contribution in [0.25, 0.3) is 0 Å². The fourth-order valence-electron chi connectivity index (χ4n) is 2.02. The number of anilines is 1. The third-order valence-electron chi connectivity index (χ3n) is 3.18. The molecule has 4 nitrogen and oxygen atoms in total. The van der Waals surface area contributed by atoms with Gasteiger partial charge in [0.15, 0.2) is 0 Å². The molecule has 2 aromatic rings. The van der Waals surface area contributed by atoms with E-state index in [0.29, 0.717) is 0 Å². The second-order valence-corrected chi connectivity index (χ2v) is 4.62. The van der Waals surface area contributed by atoms with Gasteiger partial charge in [-0.2, -0.15) is 0 Å². The summed E-state index contributed by atoms with van der Waals surface area (Å²) in [6.45, 7) is 4.00. The largest absolute Gasteiger partial charge is 0.331 e. The molecule has 104 valence electrons. The predicted molar refractivity (Wildman–Crippen MR) is 80.6 cm³/mol. The van der Waals surface area contributed by atoms with Crippen molar-refractivity contribution in [1.29, 1.82) is 0 Å². The summed E-state index contributed by atoms with van der Waals surface area (Å²) in [6, 6.07) is 11.3. The zero-order valence-electron chi connectivity index (χ0n) is 11.8. The lowest BCUT2D eigenvalue weighted by molar-refractivity contribution is 0.249. The molecule has 0 spiro atoms. The topological polar surface area (TPSA) is 54.0 Å². The SMILES string of the molecule is CCc1ccccc1NC(=O)NC(C)c1cccnc1. The van der Waals surface area contributed by atoms with E-state index in [4.69, 9.17) is 0 Å². The first-order valence-electron chi connectivity index (χ1n) is 6.76. The van der Waals surface area contributed by atoms with Crippen molar-refractivity contribution >= 4 is 11.7 Å². The third-order valence-corrected chi connectivity index (χ3v) is 3.18. The number of amides is 2. The summed E-state index contributed by atoms with van der Waals surface area (Å²) < 4.78 is 0. The van der Waals surface area contributed by atoms with Crippen LogP contribution in [0.3, 0.4) is 0 Å². The van der Waals surface area contributed by atoms with Gasteiger partial charge in [0.05, 0.1) is 6.04 Å². The number of hydrogen-bond donors (Lipinski definition) is 2. The monoisotopic (exact) mass is 269 g/mol. The molecule has 0 fully saturated rings. The van der Waals surface area contributed by atoms with E-state index in [1.165, 1.54) is 0 Å². The summed E-state index contributed by atoms with van der Waals surface area (Å²) in [5.74, 6) is 0. The predicted octanol–water partition coefficient (Wildman–Crippen LogP) is 3.53. The third kappa shape index (κ3) is 3.57. The van der Waals surface area contributed by atoms with Gasteiger partial charge in [-0.25, -0.2) is 4.79 Å². The van der Waals surface area contributed by atoms with E-state index >= 15 is 0 Å². The Kier molecular flexibility index (Phi) is 4.71. The van der Waals surface area contributed by atoms with Gasteiger partial charge in [0, 0.05) is 18.1 Å². The van der Waals surface area contributed by atoms with Crippen LogP contribution < -0.4 is 10.6 Å². The van der Waals surface area contributed by atoms with Crippen LogP contribution in [-0.2, 0) is 6.42 Å². The highest BCUT2D eigenvalue weighted by Crippen LogP contribution is 2.16. The molecule has 1 aromatic carbocycles. The second-order valence-electron chi connectivity index (χ2n) is 4.62. The van der Waals surface area contributed by atoms with Crippen molar-refractivity contribution in [2.24, 2.45) is 0 Å². The minimum Gasteiger partial charge on any atom is -0.331 e. The molecule has 0 aliphatic carbocycles. The number of rotatable bonds is 4. The Hall–Kier alpha value is -2.36. The number of hydrogen-bond acceptors (Lipinski definition) is 2. The van der Waals surface area contributed by atoms with E-state index in [2.05, 4.69) is 22.5 Å². The Labute approximate surface area is 119 Å². The second kappa shape index (κ2) is 6.70. The Bertz CT molecular complexity index is 569. The molecule has 1 atom stereocenters. The molecule has 0 aliphatic heterocycles. The number of pyridine rings is 1. The number of benzene rings is 1. The first-order chi connectivity index (χ1) is 9.70. The molecule has 20 heavy (non-hydrogen) atoms. The van der Waals surface area contributed by atoms with Crippen molar-refractivity contribution in [3.63, 3.8) is 0 Å². The number of urea groups is 1. The first-order valence-corrected chi connectivity index (χ1v) is 6.76. The van der Waals surface area contributed by atoms with E-state index < -0.39 is 0 Å². The van der Waals surface area contributed by atoms with E-state index in [0.717, 1.165) is 23.2 Å². The summed E-state index contributed by atoms with van der Waals surface area (Å²) in [6.07, 6.45) is 4.35. The van der Waals surface area contributed by atoms with Gasteiger partial charge in [-0.15, -0.1) is 0 Å². The van der Waals surface area contributed by atoms with Crippen molar-refractivity contribution in [2.45, 2.75) is 26.3 Å². The number of carbonyl (C=O) groups excluding carboxylic acids is 1. The fourth-order valence-corrected chi connectivity index (χ4v) is 2.02. The normalized spacial score (nSPS) is 11.7. The van der Waals surface area contributed by atoms with Gasteiger partial charge < -0.3 is 10.6 Å². The summed E-state index contributed by atoms with van der Waals surface area (Å²) in [5.41, 5.74) is 2.95. The van der Waals surface area contributed by atoms with E-state index in [9.17, 15) is 4.79 Å². The molecule has 2 N–H and O–H groups in total. The highest BCUT2D eigenvalue weighted by molar-refractivity contribution is 5.90. The average Bonchev–Trinajstić information content (AvgIpc) is 2.48. The molecular weight excluding hydrogens is 250 g/mol. The standard InChI is InChI=1S/C16H19N3O/c1-3-13-7-4-5-9-15(13)19-16(20)18-12(2)14-8-6-10-17-11-14/h4-12H,3H2,1-2H3,(H2,18,19,20). The number of aryl methyl sites for hydroxylation is 1. The van der Waals surface area contributed by atoms with Crippen LogP contribution in [0.4, 0.5) is 10.5 Å². The number of para-hydroxylation sites is 1. The maximum Gasteiger partial charge on any atom is 0.319 e. The molecule has 4 heteroatoms. The van der Waals surface area contributed by atoms with Crippen LogP contribution >= 0.6 is 0 Å². The Morgan fingerprint density at radius 3 is 2.75 bits per heavy atom. The van der Waals surface area contributed by atoms with Gasteiger partial charge in [-0.05, 0) is 36.6 Å². The van der Waals surface area contributed by atoms with Gasteiger partial charge in [0.1, 0.15) is 0 Å². The summed E-state index contributed by atoms with van der Waals surface area (Å²) in [4.78, 5) is 16.1. The summed E-state index contributed by atoms with van der Waals surface area (Å²) in [7, 11) is 0. The lowest BCUT2D eigenvalue weighted by Crippen LogP contribution is -2.31. The van der Waals surface area contributed by atoms with Crippen LogP contribution in [0.1, 0.15) is 31.0 Å². The maximum absolute atomic E-state index is 12.0. The van der Waals surface area contributed by atoms with Crippen molar-refractivity contribution in [3.8, 4) is 0 Å². The van der Waals surface area contributed by atoms with Crippen molar-refractivity contribution in [3.05, 3.63) is 59.9 Å². The van der Waals surface area contributed by atoms with E-state index in [1.807, 2.05) is 43.3 Å². The molecule has 1 heterocycles. The number of nitrogens with zero attached hydrogens (tertiary/aromatic N) is 1. The highest BCUT2D eigenvalue weighted by Gasteiger charge is 2.10. The quantitative estimate of drug-likeness (QED) is 0.892. The number of nitrogens with one attached hydrogen (secondary N) is 2. The van der Waals surface area contributed by atoms with E-state index in [-0.39, 0.29) is 12.1 Å². The van der Waals surface area contributed by atoms with Gasteiger partial charge in [-0.3, -0.25) is 4.98 Å². The van der Waals surface area contributed by atoms with Crippen molar-refractivity contribution in [2.75, 3.05) is 5.32 Å². The molecular formula is C16H19N3O. The average molecular weight is 269 g/mol. The Morgan fingerprint density at radius 1 is 1.25 bits per heavy atom. The first kappa shape index (κ1) is 14.1. The molecule has 2 rings (SSSR count).